The Morgan fingerprint density at radius 2 is 1.92 bits per heavy atom. The largest absolute Gasteiger partial charge is 0.487 e. The summed E-state index contributed by atoms with van der Waals surface area (Å²) in [6.07, 6.45) is -0.0923. The number of halogens is 1. The van der Waals surface area contributed by atoms with Gasteiger partial charge in [0, 0.05) is 37.5 Å². The zero-order valence-electron chi connectivity index (χ0n) is 22.3. The van der Waals surface area contributed by atoms with Crippen molar-refractivity contribution in [3.8, 4) is 17.6 Å². The molecule has 0 radical (unpaired) electrons. The Labute approximate surface area is 225 Å². The van der Waals surface area contributed by atoms with E-state index in [1.54, 1.807) is 26.0 Å². The highest BCUT2D eigenvalue weighted by molar-refractivity contribution is 7.89. The number of likely N-dealkylation sites (N-methyl/N-ethyl adjacent to an activating group) is 1. The minimum atomic E-state index is -4.05. The van der Waals surface area contributed by atoms with Gasteiger partial charge in [0.05, 0.1) is 18.0 Å². The molecule has 0 bridgehead atoms. The third-order valence-electron chi connectivity index (χ3n) is 6.35. The van der Waals surface area contributed by atoms with Gasteiger partial charge < -0.3 is 9.84 Å². The predicted molar refractivity (Wildman–Crippen MR) is 143 cm³/mol. The van der Waals surface area contributed by atoms with Crippen molar-refractivity contribution in [3.63, 3.8) is 0 Å². The summed E-state index contributed by atoms with van der Waals surface area (Å²) < 4.78 is 75.8. The van der Waals surface area contributed by atoms with Crippen molar-refractivity contribution in [1.29, 1.82) is 0 Å². The lowest BCUT2D eigenvalue weighted by Gasteiger charge is -2.37. The minimum Gasteiger partial charge on any atom is -0.487 e. The second-order valence-electron chi connectivity index (χ2n) is 10.0. The molecule has 0 aliphatic carbocycles. The molecule has 3 rings (SSSR count). The summed E-state index contributed by atoms with van der Waals surface area (Å²) in [6, 6.07) is 8.62. The zero-order valence-corrected chi connectivity index (χ0v) is 23.9. The number of ether oxygens (including phenoxy) is 1. The Bertz CT molecular complexity index is 1420. The molecule has 1 aliphatic rings. The van der Waals surface area contributed by atoms with Crippen LogP contribution in [0, 0.1) is 29.5 Å². The summed E-state index contributed by atoms with van der Waals surface area (Å²) >= 11 is 0. The molecule has 38 heavy (non-hydrogen) atoms. The predicted octanol–water partition coefficient (Wildman–Crippen LogP) is 3.31. The molecular formula is C27H35FN2O6S2. The monoisotopic (exact) mass is 566 g/mol. The van der Waals surface area contributed by atoms with Gasteiger partial charge in [-0.3, -0.25) is 0 Å². The van der Waals surface area contributed by atoms with Gasteiger partial charge in [-0.05, 0) is 49.2 Å². The number of hydrogen-bond donors (Lipinski definition) is 1. The molecular weight excluding hydrogens is 531 g/mol. The summed E-state index contributed by atoms with van der Waals surface area (Å²) in [4.78, 5) is -0.278. The molecule has 1 heterocycles. The van der Waals surface area contributed by atoms with Crippen molar-refractivity contribution >= 4 is 20.0 Å². The van der Waals surface area contributed by atoms with E-state index in [9.17, 15) is 26.3 Å². The average Bonchev–Trinajstić information content (AvgIpc) is 2.85. The lowest BCUT2D eigenvalue weighted by molar-refractivity contribution is 0.0904. The van der Waals surface area contributed by atoms with Crippen molar-refractivity contribution in [1.82, 2.24) is 8.61 Å². The Balaban J connectivity index is 2.05. The molecule has 0 saturated heterocycles. The number of aliphatic hydroxyl groups is 1. The fraction of sp³-hybridized carbons (Fsp3) is 0.481. The van der Waals surface area contributed by atoms with Crippen LogP contribution >= 0.6 is 0 Å². The molecule has 8 nitrogen and oxygen atoms in total. The lowest BCUT2D eigenvalue weighted by atomic mass is 10.0. The van der Waals surface area contributed by atoms with Crippen LogP contribution in [0.1, 0.15) is 39.7 Å². The Morgan fingerprint density at radius 3 is 2.55 bits per heavy atom. The highest BCUT2D eigenvalue weighted by atomic mass is 32.2. The molecule has 1 N–H and O–H groups in total. The van der Waals surface area contributed by atoms with Crippen molar-refractivity contribution in [2.45, 2.75) is 56.1 Å². The molecule has 0 saturated carbocycles. The first-order valence-electron chi connectivity index (χ1n) is 12.4. The summed E-state index contributed by atoms with van der Waals surface area (Å²) in [5.74, 6) is 5.40. The third kappa shape index (κ3) is 6.74. The van der Waals surface area contributed by atoms with Crippen molar-refractivity contribution in [2.75, 3.05) is 26.7 Å². The number of fused-ring (bicyclic) bond motifs is 1. The second kappa shape index (κ2) is 12.1. The maximum absolute atomic E-state index is 13.7. The fourth-order valence-electron chi connectivity index (χ4n) is 4.04. The van der Waals surface area contributed by atoms with Crippen LogP contribution in [0.15, 0.2) is 52.3 Å². The summed E-state index contributed by atoms with van der Waals surface area (Å²) in [5, 5.41) is 9.79. The van der Waals surface area contributed by atoms with Crippen LogP contribution in [0.4, 0.5) is 4.39 Å². The van der Waals surface area contributed by atoms with E-state index in [2.05, 4.69) is 11.8 Å². The molecule has 208 valence electrons. The first-order valence-corrected chi connectivity index (χ1v) is 15.3. The molecule has 2 aromatic rings. The van der Waals surface area contributed by atoms with Gasteiger partial charge in [0.2, 0.25) is 20.0 Å². The SMILES string of the molecule is CC(C)CC#Cc1ccc2c(c1)O[C@@H](CN(C)S(=O)(=O)c1cccc(F)c1)[C@@H](C)CN([C@H](C)CO)S2(=O)=O. The minimum absolute atomic E-state index is 0.00202. The molecule has 2 aromatic carbocycles. The van der Waals surface area contributed by atoms with E-state index in [4.69, 9.17) is 4.74 Å². The zero-order chi connectivity index (χ0) is 28.3. The van der Waals surface area contributed by atoms with Gasteiger partial charge in [-0.2, -0.15) is 8.61 Å². The molecule has 0 aromatic heterocycles. The first-order chi connectivity index (χ1) is 17.8. The summed E-state index contributed by atoms with van der Waals surface area (Å²) in [7, 11) is -6.72. The molecule has 1 aliphatic heterocycles. The number of aliphatic hydroxyl groups excluding tert-OH is 1. The van der Waals surface area contributed by atoms with E-state index >= 15 is 0 Å². The van der Waals surface area contributed by atoms with Crippen LogP contribution in [0.25, 0.3) is 0 Å². The molecule has 3 atom stereocenters. The molecule has 11 heteroatoms. The second-order valence-corrected chi connectivity index (χ2v) is 13.9. The van der Waals surface area contributed by atoms with E-state index in [1.165, 1.54) is 29.6 Å². The van der Waals surface area contributed by atoms with Crippen LogP contribution in [-0.4, -0.2) is 69.4 Å². The lowest BCUT2D eigenvalue weighted by Crippen LogP contribution is -2.50. The van der Waals surface area contributed by atoms with E-state index in [-0.39, 0.29) is 35.2 Å². The van der Waals surface area contributed by atoms with Crippen molar-refractivity contribution < 1.29 is 31.1 Å². The van der Waals surface area contributed by atoms with Crippen molar-refractivity contribution in [2.24, 2.45) is 11.8 Å². The quantitative estimate of drug-likeness (QED) is 0.516. The van der Waals surface area contributed by atoms with E-state index in [1.807, 2.05) is 13.8 Å². The smallest absolute Gasteiger partial charge is 0.247 e. The number of sulfonamides is 2. The third-order valence-corrected chi connectivity index (χ3v) is 10.2. The van der Waals surface area contributed by atoms with E-state index in [0.717, 1.165) is 16.4 Å². The highest BCUT2D eigenvalue weighted by Crippen LogP contribution is 2.34. The Hall–Kier alpha value is -2.49. The topological polar surface area (TPSA) is 104 Å². The first kappa shape index (κ1) is 30.1. The maximum atomic E-state index is 13.7. The van der Waals surface area contributed by atoms with Crippen LogP contribution in [-0.2, 0) is 20.0 Å². The van der Waals surface area contributed by atoms with Gasteiger partial charge in [-0.25, -0.2) is 21.2 Å². The number of rotatable bonds is 7. The van der Waals surface area contributed by atoms with Gasteiger partial charge in [0.25, 0.3) is 0 Å². The molecule has 0 fully saturated rings. The fourth-order valence-corrected chi connectivity index (χ4v) is 7.08. The number of benzene rings is 2. The van der Waals surface area contributed by atoms with Gasteiger partial charge in [0.1, 0.15) is 22.6 Å². The number of hydrogen-bond acceptors (Lipinski definition) is 6. The normalized spacial score (nSPS) is 20.6. The highest BCUT2D eigenvalue weighted by Gasteiger charge is 2.39. The van der Waals surface area contributed by atoms with Gasteiger partial charge in [-0.1, -0.05) is 38.7 Å². The molecule has 0 amide bonds. The van der Waals surface area contributed by atoms with Gasteiger partial charge in [-0.15, -0.1) is 0 Å². The van der Waals surface area contributed by atoms with Crippen LogP contribution < -0.4 is 4.74 Å². The maximum Gasteiger partial charge on any atom is 0.247 e. The standard InChI is InChI=1S/C27H35FN2O6S2/c1-19(2)8-6-9-22-12-13-27-25(14-22)36-26(20(3)16-30(21(4)18-31)38(27,34)35)17-29(5)37(32,33)24-11-7-10-23(28)15-24/h7,10-15,19-21,26,31H,8,16-18H2,1-5H3/t20-,21+,26-/m0/s1. The van der Waals surface area contributed by atoms with E-state index in [0.29, 0.717) is 17.9 Å². The summed E-state index contributed by atoms with van der Waals surface area (Å²) in [6.45, 7) is 6.94. The van der Waals surface area contributed by atoms with Crippen molar-refractivity contribution in [3.05, 3.63) is 53.8 Å². The average molecular weight is 567 g/mol. The Kier molecular flexibility index (Phi) is 9.60. The molecule has 0 spiro atoms. The van der Waals surface area contributed by atoms with Crippen LogP contribution in [0.2, 0.25) is 0 Å². The van der Waals surface area contributed by atoms with Crippen LogP contribution in [0.5, 0.6) is 5.75 Å². The molecule has 0 unspecified atom stereocenters. The Morgan fingerprint density at radius 1 is 1.21 bits per heavy atom. The van der Waals surface area contributed by atoms with E-state index < -0.39 is 43.9 Å². The van der Waals surface area contributed by atoms with Crippen LogP contribution in [0.3, 0.4) is 0 Å². The van der Waals surface area contributed by atoms with Gasteiger partial charge >= 0.3 is 0 Å². The summed E-state index contributed by atoms with van der Waals surface area (Å²) in [5.41, 5.74) is 0.564. The number of nitrogens with zero attached hydrogens (tertiary/aromatic N) is 2. The van der Waals surface area contributed by atoms with Gasteiger partial charge in [0.15, 0.2) is 0 Å².